The van der Waals surface area contributed by atoms with Crippen molar-refractivity contribution in [3.63, 3.8) is 0 Å². The van der Waals surface area contributed by atoms with Gasteiger partial charge in [-0.3, -0.25) is 9.69 Å². The molecular weight excluding hydrogens is 330 g/mol. The number of carbonyl (C=O) groups excluding carboxylic acids is 1. The van der Waals surface area contributed by atoms with Gasteiger partial charge in [-0.25, -0.2) is 0 Å². The minimum Gasteiger partial charge on any atom is -0.356 e. The van der Waals surface area contributed by atoms with Crippen LogP contribution in [0.3, 0.4) is 0 Å². The molecule has 1 amide bonds. The highest BCUT2D eigenvalue weighted by Crippen LogP contribution is 2.19. The monoisotopic (exact) mass is 349 g/mol. The van der Waals surface area contributed by atoms with Gasteiger partial charge in [-0.05, 0) is 46.7 Å². The van der Waals surface area contributed by atoms with E-state index in [1.807, 2.05) is 18.2 Å². The smallest absolute Gasteiger partial charge is 0.272 e. The summed E-state index contributed by atoms with van der Waals surface area (Å²) in [5.74, 6) is -0.132. The van der Waals surface area contributed by atoms with Crippen molar-refractivity contribution in [2.24, 2.45) is 0 Å². The zero-order valence-corrected chi connectivity index (χ0v) is 13.9. The molecule has 21 heavy (non-hydrogen) atoms. The summed E-state index contributed by atoms with van der Waals surface area (Å²) < 4.78 is 0.865. The largest absolute Gasteiger partial charge is 0.356 e. The van der Waals surface area contributed by atoms with Gasteiger partial charge in [0.15, 0.2) is 0 Å². The molecule has 2 N–H and O–H groups in total. The number of aromatic nitrogens is 1. The first-order chi connectivity index (χ1) is 10.1. The summed E-state index contributed by atoms with van der Waals surface area (Å²) in [5, 5.41) is 2.98. The molecule has 0 aliphatic heterocycles. The van der Waals surface area contributed by atoms with Gasteiger partial charge >= 0.3 is 0 Å². The van der Waals surface area contributed by atoms with E-state index in [9.17, 15) is 4.79 Å². The summed E-state index contributed by atoms with van der Waals surface area (Å²) in [7, 11) is 0. The molecule has 4 nitrogen and oxygen atoms in total. The highest BCUT2D eigenvalue weighted by molar-refractivity contribution is 9.10. The van der Waals surface area contributed by atoms with Gasteiger partial charge in [0.05, 0.1) is 0 Å². The number of amides is 1. The third-order valence-electron chi connectivity index (χ3n) is 3.45. The number of anilines is 1. The van der Waals surface area contributed by atoms with Crippen LogP contribution in [0.1, 0.15) is 29.9 Å². The van der Waals surface area contributed by atoms with E-state index in [1.54, 1.807) is 12.3 Å². The van der Waals surface area contributed by atoms with Crippen LogP contribution in [0.4, 0.5) is 5.69 Å². The summed E-state index contributed by atoms with van der Waals surface area (Å²) >= 11 is 3.33. The molecular formula is C16H20BrN3O. The summed E-state index contributed by atoms with van der Waals surface area (Å²) in [4.78, 5) is 17.5. The predicted molar refractivity (Wildman–Crippen MR) is 89.5 cm³/mol. The van der Waals surface area contributed by atoms with Gasteiger partial charge in [-0.1, -0.05) is 32.0 Å². The molecule has 0 fully saturated rings. The van der Waals surface area contributed by atoms with Crippen LogP contribution in [0.25, 0.3) is 0 Å². The third kappa shape index (κ3) is 4.19. The predicted octanol–water partition coefficient (Wildman–Crippen LogP) is 3.87. The molecule has 0 saturated carbocycles. The average molecular weight is 350 g/mol. The number of rotatable bonds is 6. The van der Waals surface area contributed by atoms with Crippen molar-refractivity contribution in [2.75, 3.05) is 18.4 Å². The Labute approximate surface area is 133 Å². The Balaban J connectivity index is 2.14. The van der Waals surface area contributed by atoms with Crippen LogP contribution in [-0.2, 0) is 6.54 Å². The molecule has 0 spiro atoms. The fourth-order valence-corrected chi connectivity index (χ4v) is 2.50. The van der Waals surface area contributed by atoms with Crippen LogP contribution in [0.5, 0.6) is 0 Å². The third-order valence-corrected chi connectivity index (χ3v) is 3.90. The standard InChI is InChI=1S/C16H20BrN3O/c1-3-20(4-2)11-12-7-5-6-8-14(12)19-16(21)15-9-13(17)10-18-15/h5-10,18H,3-4,11H2,1-2H3,(H,19,21). The maximum absolute atomic E-state index is 12.2. The molecule has 0 aliphatic carbocycles. The molecule has 0 aliphatic rings. The van der Waals surface area contributed by atoms with Gasteiger partial charge in [0.1, 0.15) is 5.69 Å². The fourth-order valence-electron chi connectivity index (χ4n) is 2.16. The maximum atomic E-state index is 12.2. The molecule has 0 atom stereocenters. The Hall–Kier alpha value is -1.59. The van der Waals surface area contributed by atoms with Crippen LogP contribution in [-0.4, -0.2) is 28.9 Å². The van der Waals surface area contributed by atoms with E-state index in [0.29, 0.717) is 5.69 Å². The zero-order chi connectivity index (χ0) is 15.2. The van der Waals surface area contributed by atoms with Crippen LogP contribution < -0.4 is 5.32 Å². The van der Waals surface area contributed by atoms with E-state index in [2.05, 4.69) is 51.0 Å². The van der Waals surface area contributed by atoms with E-state index in [1.165, 1.54) is 0 Å². The lowest BCUT2D eigenvalue weighted by Gasteiger charge is -2.20. The van der Waals surface area contributed by atoms with Crippen molar-refractivity contribution in [1.82, 2.24) is 9.88 Å². The number of carbonyl (C=O) groups is 1. The van der Waals surface area contributed by atoms with Crippen molar-refractivity contribution >= 4 is 27.5 Å². The highest BCUT2D eigenvalue weighted by atomic mass is 79.9. The highest BCUT2D eigenvalue weighted by Gasteiger charge is 2.11. The van der Waals surface area contributed by atoms with Crippen molar-refractivity contribution in [1.29, 1.82) is 0 Å². The number of halogens is 1. The Bertz CT molecular complexity index is 605. The molecule has 1 aromatic carbocycles. The molecule has 0 unspecified atom stereocenters. The van der Waals surface area contributed by atoms with Gasteiger partial charge in [0, 0.05) is 22.9 Å². The number of benzene rings is 1. The number of hydrogen-bond donors (Lipinski definition) is 2. The molecule has 0 saturated heterocycles. The summed E-state index contributed by atoms with van der Waals surface area (Å²) in [6, 6.07) is 9.70. The molecule has 112 valence electrons. The normalized spacial score (nSPS) is 10.9. The van der Waals surface area contributed by atoms with E-state index < -0.39 is 0 Å². The van der Waals surface area contributed by atoms with E-state index in [4.69, 9.17) is 0 Å². The van der Waals surface area contributed by atoms with Gasteiger partial charge in [0.25, 0.3) is 5.91 Å². The first-order valence-corrected chi connectivity index (χ1v) is 7.88. The second kappa shape index (κ2) is 7.43. The zero-order valence-electron chi connectivity index (χ0n) is 12.3. The number of H-pyrrole nitrogens is 1. The SMILES string of the molecule is CCN(CC)Cc1ccccc1NC(=O)c1cc(Br)c[nH]1. The molecule has 2 aromatic rings. The second-order valence-electron chi connectivity index (χ2n) is 4.80. The Kier molecular flexibility index (Phi) is 5.59. The number of aromatic amines is 1. The lowest BCUT2D eigenvalue weighted by atomic mass is 10.1. The molecule has 1 aromatic heterocycles. The van der Waals surface area contributed by atoms with Gasteiger partial charge < -0.3 is 10.3 Å². The van der Waals surface area contributed by atoms with Gasteiger partial charge in [0.2, 0.25) is 0 Å². The number of hydrogen-bond acceptors (Lipinski definition) is 2. The fraction of sp³-hybridized carbons (Fsp3) is 0.312. The quantitative estimate of drug-likeness (QED) is 0.831. The lowest BCUT2D eigenvalue weighted by Crippen LogP contribution is -2.23. The van der Waals surface area contributed by atoms with E-state index in [0.717, 1.165) is 35.4 Å². The van der Waals surface area contributed by atoms with E-state index in [-0.39, 0.29) is 5.91 Å². The Morgan fingerprint density at radius 2 is 2.00 bits per heavy atom. The van der Waals surface area contributed by atoms with E-state index >= 15 is 0 Å². The van der Waals surface area contributed by atoms with Crippen LogP contribution >= 0.6 is 15.9 Å². The molecule has 5 heteroatoms. The summed E-state index contributed by atoms with van der Waals surface area (Å²) in [6.07, 6.45) is 1.75. The first kappa shape index (κ1) is 15.8. The summed E-state index contributed by atoms with van der Waals surface area (Å²) in [6.45, 7) is 7.09. The van der Waals surface area contributed by atoms with Crippen molar-refractivity contribution in [2.45, 2.75) is 20.4 Å². The molecule has 2 rings (SSSR count). The van der Waals surface area contributed by atoms with Gasteiger partial charge in [-0.2, -0.15) is 0 Å². The first-order valence-electron chi connectivity index (χ1n) is 7.09. The topological polar surface area (TPSA) is 48.1 Å². The number of nitrogens with one attached hydrogen (secondary N) is 2. The number of nitrogens with zero attached hydrogens (tertiary/aromatic N) is 1. The Morgan fingerprint density at radius 3 is 2.62 bits per heavy atom. The lowest BCUT2D eigenvalue weighted by molar-refractivity contribution is 0.102. The molecule has 1 heterocycles. The van der Waals surface area contributed by atoms with Gasteiger partial charge in [-0.15, -0.1) is 0 Å². The van der Waals surface area contributed by atoms with Crippen LogP contribution in [0.2, 0.25) is 0 Å². The number of para-hydroxylation sites is 1. The minimum atomic E-state index is -0.132. The Morgan fingerprint density at radius 1 is 1.29 bits per heavy atom. The van der Waals surface area contributed by atoms with Crippen molar-refractivity contribution < 1.29 is 4.79 Å². The van der Waals surface area contributed by atoms with Crippen LogP contribution in [0.15, 0.2) is 41.0 Å². The summed E-state index contributed by atoms with van der Waals surface area (Å²) in [5.41, 5.74) is 2.53. The maximum Gasteiger partial charge on any atom is 0.272 e. The van der Waals surface area contributed by atoms with Crippen LogP contribution in [0, 0.1) is 0 Å². The second-order valence-corrected chi connectivity index (χ2v) is 5.72. The van der Waals surface area contributed by atoms with Crippen molar-refractivity contribution in [3.05, 3.63) is 52.3 Å². The van der Waals surface area contributed by atoms with Crippen molar-refractivity contribution in [3.8, 4) is 0 Å². The molecule has 0 radical (unpaired) electrons. The minimum absolute atomic E-state index is 0.132. The average Bonchev–Trinajstić information content (AvgIpc) is 2.93. The molecule has 0 bridgehead atoms.